The van der Waals surface area contributed by atoms with Gasteiger partial charge in [0.25, 0.3) is 5.95 Å². The molecule has 4 aromatic rings. The number of azo groups is 1. The van der Waals surface area contributed by atoms with Gasteiger partial charge in [-0.05, 0) is 53.9 Å². The summed E-state index contributed by atoms with van der Waals surface area (Å²) in [6.07, 6.45) is 0.970. The molecular formula is C24H19Cl2FN6. The zero-order valence-electron chi connectivity index (χ0n) is 17.6. The second-order valence-corrected chi connectivity index (χ2v) is 7.92. The minimum atomic E-state index is -0.551. The van der Waals surface area contributed by atoms with Crippen LogP contribution in [0.5, 0.6) is 0 Å². The normalized spacial score (nSPS) is 11.2. The van der Waals surface area contributed by atoms with Gasteiger partial charge in [-0.2, -0.15) is 20.1 Å². The predicted octanol–water partition coefficient (Wildman–Crippen LogP) is 7.57. The maximum atomic E-state index is 14.5. The van der Waals surface area contributed by atoms with Crippen LogP contribution in [-0.4, -0.2) is 15.0 Å². The molecular weight excluding hydrogens is 462 g/mol. The van der Waals surface area contributed by atoms with Crippen molar-refractivity contribution >= 4 is 40.8 Å². The highest BCUT2D eigenvalue weighted by molar-refractivity contribution is 6.33. The van der Waals surface area contributed by atoms with Gasteiger partial charge >= 0.3 is 0 Å². The van der Waals surface area contributed by atoms with Gasteiger partial charge in [0.2, 0.25) is 5.95 Å². The Morgan fingerprint density at radius 1 is 0.879 bits per heavy atom. The van der Waals surface area contributed by atoms with Crippen molar-refractivity contribution in [1.82, 2.24) is 15.0 Å². The fraction of sp³-hybridized carbons (Fsp3) is 0.125. The van der Waals surface area contributed by atoms with E-state index in [1.165, 1.54) is 17.7 Å². The van der Waals surface area contributed by atoms with E-state index < -0.39 is 5.82 Å². The number of aryl methyl sites for hydroxylation is 1. The standard InChI is InChI=1S/C24H19Cl2FN6/c1-2-15-6-8-16(9-7-15)14-28-33-24-31-22(21-19(26)4-3-5-20(21)27)30-23(32-24)29-18-12-10-17(25)11-13-18/h3-13H,2,14H2,1H3,(H,29,30,31,32). The first-order valence-electron chi connectivity index (χ1n) is 10.2. The monoisotopic (exact) mass is 480 g/mol. The van der Waals surface area contributed by atoms with Crippen LogP contribution in [0.2, 0.25) is 10.0 Å². The lowest BCUT2D eigenvalue weighted by Gasteiger charge is -2.09. The highest BCUT2D eigenvalue weighted by Crippen LogP contribution is 2.30. The van der Waals surface area contributed by atoms with E-state index in [2.05, 4.69) is 49.6 Å². The number of anilines is 2. The zero-order valence-corrected chi connectivity index (χ0v) is 19.1. The Hall–Kier alpha value is -3.42. The number of halogens is 3. The van der Waals surface area contributed by atoms with E-state index >= 15 is 0 Å². The summed E-state index contributed by atoms with van der Waals surface area (Å²) in [5, 5.41) is 12.2. The lowest BCUT2D eigenvalue weighted by molar-refractivity contribution is 0.630. The summed E-state index contributed by atoms with van der Waals surface area (Å²) in [5.41, 5.74) is 3.00. The molecule has 1 heterocycles. The molecule has 1 aromatic heterocycles. The third kappa shape index (κ3) is 5.88. The number of hydrogen-bond acceptors (Lipinski definition) is 6. The largest absolute Gasteiger partial charge is 0.324 e. The Balaban J connectivity index is 1.66. The highest BCUT2D eigenvalue weighted by atomic mass is 35.5. The van der Waals surface area contributed by atoms with Crippen molar-refractivity contribution in [2.24, 2.45) is 10.2 Å². The van der Waals surface area contributed by atoms with Crippen LogP contribution < -0.4 is 5.32 Å². The summed E-state index contributed by atoms with van der Waals surface area (Å²) in [6.45, 7) is 2.45. The fourth-order valence-electron chi connectivity index (χ4n) is 3.01. The van der Waals surface area contributed by atoms with Gasteiger partial charge in [-0.25, -0.2) is 4.39 Å². The maximum absolute atomic E-state index is 14.5. The van der Waals surface area contributed by atoms with Crippen molar-refractivity contribution in [2.45, 2.75) is 19.9 Å². The molecule has 0 saturated heterocycles. The molecule has 4 rings (SSSR count). The molecule has 3 aromatic carbocycles. The van der Waals surface area contributed by atoms with Crippen molar-refractivity contribution in [3.63, 3.8) is 0 Å². The van der Waals surface area contributed by atoms with Crippen molar-refractivity contribution in [2.75, 3.05) is 5.32 Å². The van der Waals surface area contributed by atoms with Crippen molar-refractivity contribution < 1.29 is 4.39 Å². The number of hydrogen-bond donors (Lipinski definition) is 1. The molecule has 0 spiro atoms. The Morgan fingerprint density at radius 2 is 1.61 bits per heavy atom. The summed E-state index contributed by atoms with van der Waals surface area (Å²) in [7, 11) is 0. The van der Waals surface area contributed by atoms with E-state index in [0.717, 1.165) is 12.0 Å². The molecule has 0 aliphatic rings. The first-order chi connectivity index (χ1) is 16.0. The van der Waals surface area contributed by atoms with Gasteiger partial charge in [0.1, 0.15) is 5.82 Å². The quantitative estimate of drug-likeness (QED) is 0.276. The smallest absolute Gasteiger partial charge is 0.273 e. The first kappa shape index (κ1) is 22.8. The van der Waals surface area contributed by atoms with Gasteiger partial charge < -0.3 is 5.32 Å². The Kier molecular flexibility index (Phi) is 7.22. The van der Waals surface area contributed by atoms with Crippen LogP contribution in [0, 0.1) is 5.82 Å². The van der Waals surface area contributed by atoms with Crippen molar-refractivity contribution in [3.8, 4) is 11.4 Å². The molecule has 0 unspecified atom stereocenters. The molecule has 0 aliphatic heterocycles. The average molecular weight is 481 g/mol. The molecule has 0 bridgehead atoms. The number of aromatic nitrogens is 3. The molecule has 0 aliphatic carbocycles. The third-order valence-electron chi connectivity index (χ3n) is 4.75. The highest BCUT2D eigenvalue weighted by Gasteiger charge is 2.16. The van der Waals surface area contributed by atoms with Crippen LogP contribution in [0.4, 0.5) is 22.0 Å². The predicted molar refractivity (Wildman–Crippen MR) is 129 cm³/mol. The van der Waals surface area contributed by atoms with E-state index in [4.69, 9.17) is 23.2 Å². The molecule has 1 N–H and O–H groups in total. The van der Waals surface area contributed by atoms with Crippen LogP contribution in [0.25, 0.3) is 11.4 Å². The number of nitrogens with one attached hydrogen (secondary N) is 1. The Labute approximate surface area is 200 Å². The topological polar surface area (TPSA) is 75.4 Å². The molecule has 0 fully saturated rings. The Morgan fingerprint density at radius 3 is 2.30 bits per heavy atom. The lowest BCUT2D eigenvalue weighted by atomic mass is 10.1. The second kappa shape index (κ2) is 10.5. The number of rotatable bonds is 7. The lowest BCUT2D eigenvalue weighted by Crippen LogP contribution is -2.02. The molecule has 6 nitrogen and oxygen atoms in total. The van der Waals surface area contributed by atoms with Gasteiger partial charge in [0.15, 0.2) is 5.82 Å². The van der Waals surface area contributed by atoms with Crippen molar-refractivity contribution in [3.05, 3.63) is 93.7 Å². The summed E-state index contributed by atoms with van der Waals surface area (Å²) in [5.74, 6) is -0.306. The van der Waals surface area contributed by atoms with Crippen LogP contribution in [-0.2, 0) is 13.0 Å². The molecule has 0 amide bonds. The van der Waals surface area contributed by atoms with E-state index in [-0.39, 0.29) is 28.3 Å². The van der Waals surface area contributed by atoms with E-state index in [0.29, 0.717) is 17.3 Å². The zero-order chi connectivity index (χ0) is 23.2. The molecule has 166 valence electrons. The van der Waals surface area contributed by atoms with Crippen LogP contribution in [0.3, 0.4) is 0 Å². The van der Waals surface area contributed by atoms with Crippen LogP contribution in [0.1, 0.15) is 18.1 Å². The fourth-order valence-corrected chi connectivity index (χ4v) is 3.39. The van der Waals surface area contributed by atoms with E-state index in [9.17, 15) is 4.39 Å². The van der Waals surface area contributed by atoms with E-state index in [1.54, 1.807) is 30.3 Å². The van der Waals surface area contributed by atoms with Gasteiger partial charge in [-0.3, -0.25) is 0 Å². The molecule has 9 heteroatoms. The number of nitrogens with zero attached hydrogens (tertiary/aromatic N) is 5. The van der Waals surface area contributed by atoms with Gasteiger partial charge in [-0.15, -0.1) is 5.11 Å². The molecule has 0 saturated carbocycles. The third-order valence-corrected chi connectivity index (χ3v) is 5.32. The second-order valence-electron chi connectivity index (χ2n) is 7.08. The minimum Gasteiger partial charge on any atom is -0.324 e. The van der Waals surface area contributed by atoms with Crippen LogP contribution in [0.15, 0.2) is 77.0 Å². The van der Waals surface area contributed by atoms with Gasteiger partial charge in [-0.1, -0.05) is 60.5 Å². The summed E-state index contributed by atoms with van der Waals surface area (Å²) < 4.78 is 14.5. The minimum absolute atomic E-state index is 0.0287. The number of benzene rings is 3. The SMILES string of the molecule is CCc1ccc(CN=Nc2nc(Nc3ccc(Cl)cc3)nc(-c3c(F)cccc3Cl)n2)cc1. The molecule has 33 heavy (non-hydrogen) atoms. The van der Waals surface area contributed by atoms with E-state index in [1.807, 2.05) is 12.1 Å². The Bertz CT molecular complexity index is 1260. The van der Waals surface area contributed by atoms with Gasteiger partial charge in [0.05, 0.1) is 17.1 Å². The average Bonchev–Trinajstić information content (AvgIpc) is 2.81. The first-order valence-corrected chi connectivity index (χ1v) is 11.0. The van der Waals surface area contributed by atoms with Gasteiger partial charge in [0, 0.05) is 10.7 Å². The molecule has 0 atom stereocenters. The summed E-state index contributed by atoms with van der Waals surface area (Å²) in [6, 6.07) is 19.5. The molecule has 0 radical (unpaired) electrons. The summed E-state index contributed by atoms with van der Waals surface area (Å²) in [4.78, 5) is 12.9. The maximum Gasteiger partial charge on any atom is 0.273 e. The van der Waals surface area contributed by atoms with Crippen LogP contribution >= 0.6 is 23.2 Å². The summed E-state index contributed by atoms with van der Waals surface area (Å²) >= 11 is 12.2. The van der Waals surface area contributed by atoms with Crippen molar-refractivity contribution in [1.29, 1.82) is 0 Å².